The van der Waals surface area contributed by atoms with Crippen molar-refractivity contribution in [2.75, 3.05) is 13.1 Å². The van der Waals surface area contributed by atoms with Gasteiger partial charge in [0, 0.05) is 31.2 Å². The highest BCUT2D eigenvalue weighted by Crippen LogP contribution is 2.26. The van der Waals surface area contributed by atoms with Gasteiger partial charge in [-0.25, -0.2) is 0 Å². The highest BCUT2D eigenvalue weighted by atomic mass is 15.2. The summed E-state index contributed by atoms with van der Waals surface area (Å²) in [5, 5.41) is 3.74. The summed E-state index contributed by atoms with van der Waals surface area (Å²) in [6.07, 6.45) is 8.32. The van der Waals surface area contributed by atoms with Crippen molar-refractivity contribution in [2.45, 2.75) is 63.6 Å². The molecule has 2 unspecified atom stereocenters. The highest BCUT2D eigenvalue weighted by molar-refractivity contribution is 5.16. The Morgan fingerprint density at radius 1 is 1.10 bits per heavy atom. The molecule has 0 radical (unpaired) electrons. The molecule has 1 aliphatic carbocycles. The number of hydrogen-bond acceptors (Lipinski definition) is 2. The predicted octanol–water partition coefficient (Wildman–Crippen LogP) is 3.22. The van der Waals surface area contributed by atoms with E-state index in [9.17, 15) is 0 Å². The third-order valence-corrected chi connectivity index (χ3v) is 5.07. The van der Waals surface area contributed by atoms with Crippen LogP contribution in [0.3, 0.4) is 0 Å². The third kappa shape index (κ3) is 3.42. The van der Waals surface area contributed by atoms with E-state index in [1.54, 1.807) is 0 Å². The maximum atomic E-state index is 3.74. The van der Waals surface area contributed by atoms with Gasteiger partial charge in [0.05, 0.1) is 0 Å². The standard InChI is InChI=1S/C18H28N2/c1-15-13-19-17(12-16-8-4-2-5-9-16)14-20(15)18-10-6-3-7-11-18/h2,4-5,8-9,15,17-19H,3,6-7,10-14H2,1H3. The summed E-state index contributed by atoms with van der Waals surface area (Å²) < 4.78 is 0. The molecule has 0 amide bonds. The summed E-state index contributed by atoms with van der Waals surface area (Å²) in [5.74, 6) is 0. The van der Waals surface area contributed by atoms with Gasteiger partial charge in [-0.3, -0.25) is 4.90 Å². The van der Waals surface area contributed by atoms with Gasteiger partial charge in [-0.1, -0.05) is 49.6 Å². The monoisotopic (exact) mass is 272 g/mol. The van der Waals surface area contributed by atoms with Crippen molar-refractivity contribution in [3.05, 3.63) is 35.9 Å². The van der Waals surface area contributed by atoms with Crippen LogP contribution in [-0.2, 0) is 6.42 Å². The van der Waals surface area contributed by atoms with Gasteiger partial charge in [-0.15, -0.1) is 0 Å². The summed E-state index contributed by atoms with van der Waals surface area (Å²) in [6, 6.07) is 13.1. The van der Waals surface area contributed by atoms with E-state index in [4.69, 9.17) is 0 Å². The number of piperazine rings is 1. The molecule has 0 bridgehead atoms. The lowest BCUT2D eigenvalue weighted by Crippen LogP contribution is -2.59. The van der Waals surface area contributed by atoms with Crippen LogP contribution < -0.4 is 5.32 Å². The lowest BCUT2D eigenvalue weighted by molar-refractivity contribution is 0.0701. The molecule has 110 valence electrons. The minimum Gasteiger partial charge on any atom is -0.311 e. The Morgan fingerprint density at radius 3 is 2.60 bits per heavy atom. The van der Waals surface area contributed by atoms with Crippen LogP contribution in [-0.4, -0.2) is 36.1 Å². The molecule has 2 nitrogen and oxygen atoms in total. The minimum absolute atomic E-state index is 0.621. The quantitative estimate of drug-likeness (QED) is 0.909. The summed E-state index contributed by atoms with van der Waals surface area (Å²) in [7, 11) is 0. The van der Waals surface area contributed by atoms with Crippen molar-refractivity contribution in [1.82, 2.24) is 10.2 Å². The van der Waals surface area contributed by atoms with E-state index in [0.29, 0.717) is 12.1 Å². The number of benzene rings is 1. The van der Waals surface area contributed by atoms with Crippen molar-refractivity contribution in [3.63, 3.8) is 0 Å². The molecule has 1 N–H and O–H groups in total. The maximum absolute atomic E-state index is 3.74. The summed E-state index contributed by atoms with van der Waals surface area (Å²) in [6.45, 7) is 4.76. The zero-order chi connectivity index (χ0) is 13.8. The van der Waals surface area contributed by atoms with Crippen LogP contribution >= 0.6 is 0 Å². The van der Waals surface area contributed by atoms with Crippen LogP contribution in [0.2, 0.25) is 0 Å². The van der Waals surface area contributed by atoms with Crippen LogP contribution in [0, 0.1) is 0 Å². The molecule has 1 aromatic rings. The van der Waals surface area contributed by atoms with Gasteiger partial charge < -0.3 is 5.32 Å². The molecule has 2 atom stereocenters. The van der Waals surface area contributed by atoms with Crippen LogP contribution in [0.25, 0.3) is 0 Å². The SMILES string of the molecule is CC1CNC(Cc2ccccc2)CN1C1CCCCC1. The van der Waals surface area contributed by atoms with Crippen LogP contribution in [0.1, 0.15) is 44.6 Å². The van der Waals surface area contributed by atoms with E-state index in [2.05, 4.69) is 47.5 Å². The lowest BCUT2D eigenvalue weighted by atomic mass is 9.91. The van der Waals surface area contributed by atoms with Gasteiger partial charge in [-0.2, -0.15) is 0 Å². The predicted molar refractivity (Wildman–Crippen MR) is 85.0 cm³/mol. The van der Waals surface area contributed by atoms with Gasteiger partial charge in [0.25, 0.3) is 0 Å². The molecule has 3 rings (SSSR count). The second kappa shape index (κ2) is 6.73. The highest BCUT2D eigenvalue weighted by Gasteiger charge is 2.30. The fourth-order valence-corrected chi connectivity index (χ4v) is 3.91. The maximum Gasteiger partial charge on any atom is 0.0236 e. The second-order valence-corrected chi connectivity index (χ2v) is 6.63. The van der Waals surface area contributed by atoms with Gasteiger partial charge in [-0.05, 0) is 31.7 Å². The molecule has 1 saturated carbocycles. The van der Waals surface area contributed by atoms with E-state index < -0.39 is 0 Å². The molecule has 0 spiro atoms. The fraction of sp³-hybridized carbons (Fsp3) is 0.667. The zero-order valence-electron chi connectivity index (χ0n) is 12.7. The number of nitrogens with zero attached hydrogens (tertiary/aromatic N) is 1. The van der Waals surface area contributed by atoms with Gasteiger partial charge >= 0.3 is 0 Å². The van der Waals surface area contributed by atoms with E-state index in [1.165, 1.54) is 44.2 Å². The van der Waals surface area contributed by atoms with Gasteiger partial charge in [0.15, 0.2) is 0 Å². The average molecular weight is 272 g/mol. The Morgan fingerprint density at radius 2 is 1.85 bits per heavy atom. The van der Waals surface area contributed by atoms with Crippen molar-refractivity contribution in [2.24, 2.45) is 0 Å². The lowest BCUT2D eigenvalue weighted by Gasteiger charge is -2.44. The number of nitrogens with one attached hydrogen (secondary N) is 1. The molecule has 20 heavy (non-hydrogen) atoms. The van der Waals surface area contributed by atoms with Crippen LogP contribution in [0.5, 0.6) is 0 Å². The van der Waals surface area contributed by atoms with Crippen molar-refractivity contribution >= 4 is 0 Å². The first-order valence-corrected chi connectivity index (χ1v) is 8.36. The molecule has 1 saturated heterocycles. The Balaban J connectivity index is 1.60. The molecular weight excluding hydrogens is 244 g/mol. The molecule has 2 aliphatic rings. The number of hydrogen-bond donors (Lipinski definition) is 1. The summed E-state index contributed by atoms with van der Waals surface area (Å²) in [5.41, 5.74) is 1.46. The summed E-state index contributed by atoms with van der Waals surface area (Å²) >= 11 is 0. The van der Waals surface area contributed by atoms with Gasteiger partial charge in [0.1, 0.15) is 0 Å². The first kappa shape index (κ1) is 14.1. The van der Waals surface area contributed by atoms with Crippen LogP contribution in [0.15, 0.2) is 30.3 Å². The van der Waals surface area contributed by atoms with Crippen molar-refractivity contribution < 1.29 is 0 Å². The fourth-order valence-electron chi connectivity index (χ4n) is 3.91. The minimum atomic E-state index is 0.621. The third-order valence-electron chi connectivity index (χ3n) is 5.07. The van der Waals surface area contributed by atoms with Crippen LogP contribution in [0.4, 0.5) is 0 Å². The topological polar surface area (TPSA) is 15.3 Å². The first-order valence-electron chi connectivity index (χ1n) is 8.36. The largest absolute Gasteiger partial charge is 0.311 e. The van der Waals surface area contributed by atoms with E-state index in [1.807, 2.05) is 0 Å². The van der Waals surface area contributed by atoms with E-state index in [-0.39, 0.29) is 0 Å². The molecule has 1 aromatic carbocycles. The first-order chi connectivity index (χ1) is 9.83. The molecule has 2 fully saturated rings. The molecule has 0 aromatic heterocycles. The number of rotatable bonds is 3. The molecule has 2 heteroatoms. The van der Waals surface area contributed by atoms with E-state index >= 15 is 0 Å². The van der Waals surface area contributed by atoms with Crippen molar-refractivity contribution in [1.29, 1.82) is 0 Å². The Labute approximate surface area is 123 Å². The zero-order valence-corrected chi connectivity index (χ0v) is 12.7. The Kier molecular flexibility index (Phi) is 4.74. The summed E-state index contributed by atoms with van der Waals surface area (Å²) in [4.78, 5) is 2.79. The average Bonchev–Trinajstić information content (AvgIpc) is 2.51. The second-order valence-electron chi connectivity index (χ2n) is 6.63. The molecule has 1 heterocycles. The molecular formula is C18H28N2. The normalized spacial score (nSPS) is 29.4. The van der Waals surface area contributed by atoms with Gasteiger partial charge in [0.2, 0.25) is 0 Å². The van der Waals surface area contributed by atoms with Crippen molar-refractivity contribution in [3.8, 4) is 0 Å². The smallest absolute Gasteiger partial charge is 0.0236 e. The Bertz CT molecular complexity index is 397. The Hall–Kier alpha value is -0.860. The molecule has 1 aliphatic heterocycles. The van der Waals surface area contributed by atoms with E-state index in [0.717, 1.165) is 19.0 Å².